The Kier molecular flexibility index (Phi) is 6.64. The number of methoxy groups -OCH3 is 1. The molecule has 0 aliphatic rings. The molecule has 3 amide bonds. The van der Waals surface area contributed by atoms with Crippen LogP contribution < -0.4 is 16.4 Å². The van der Waals surface area contributed by atoms with Gasteiger partial charge in [0, 0.05) is 20.1 Å². The summed E-state index contributed by atoms with van der Waals surface area (Å²) in [6, 6.07) is -2.71. The van der Waals surface area contributed by atoms with Crippen molar-refractivity contribution in [2.75, 3.05) is 13.7 Å². The van der Waals surface area contributed by atoms with Crippen LogP contribution in [0.5, 0.6) is 0 Å². The maximum Gasteiger partial charge on any atom is 0.326 e. The number of carbonyl (C=O) groups is 3. The lowest BCUT2D eigenvalue weighted by Gasteiger charge is -2.16. The molecule has 0 fully saturated rings. The first-order chi connectivity index (χ1) is 7.88. The number of hydrogen-bond acceptors (Lipinski definition) is 4. The van der Waals surface area contributed by atoms with Crippen LogP contribution in [-0.4, -0.2) is 48.8 Å². The molecule has 5 N–H and O–H groups in total. The number of nitrogens with two attached hydrogens (primary N) is 1. The third kappa shape index (κ3) is 6.36. The van der Waals surface area contributed by atoms with Gasteiger partial charge in [0.25, 0.3) is 0 Å². The minimum Gasteiger partial charge on any atom is -0.480 e. The summed E-state index contributed by atoms with van der Waals surface area (Å²) < 4.78 is 4.71. The summed E-state index contributed by atoms with van der Waals surface area (Å²) in [7, 11) is 1.42. The number of nitrogens with one attached hydrogen (secondary N) is 2. The first-order valence-electron chi connectivity index (χ1n) is 4.96. The Morgan fingerprint density at radius 1 is 1.35 bits per heavy atom. The molecular weight excluding hydrogens is 230 g/mol. The van der Waals surface area contributed by atoms with E-state index in [0.717, 1.165) is 0 Å². The number of primary amides is 1. The van der Waals surface area contributed by atoms with E-state index in [-0.39, 0.29) is 13.0 Å². The highest BCUT2D eigenvalue weighted by Crippen LogP contribution is 1.93. The van der Waals surface area contributed by atoms with Crippen LogP contribution in [0, 0.1) is 0 Å². The van der Waals surface area contributed by atoms with E-state index in [9.17, 15) is 14.4 Å². The lowest BCUT2D eigenvalue weighted by atomic mass is 10.2. The number of hydrogen-bond donors (Lipinski definition) is 4. The summed E-state index contributed by atoms with van der Waals surface area (Å²) in [5.41, 5.74) is 4.94. The summed E-state index contributed by atoms with van der Waals surface area (Å²) in [6.45, 7) is 1.59. The van der Waals surface area contributed by atoms with E-state index in [1.165, 1.54) is 14.0 Å². The molecule has 0 rings (SSSR count). The number of carboxylic acid groups (broad SMARTS) is 1. The van der Waals surface area contributed by atoms with Crippen molar-refractivity contribution in [1.82, 2.24) is 10.6 Å². The van der Waals surface area contributed by atoms with Crippen LogP contribution in [0.3, 0.4) is 0 Å². The van der Waals surface area contributed by atoms with Crippen LogP contribution in [0.15, 0.2) is 0 Å². The monoisotopic (exact) mass is 247 g/mol. The van der Waals surface area contributed by atoms with Gasteiger partial charge in [-0.2, -0.15) is 0 Å². The Hall–Kier alpha value is -1.83. The van der Waals surface area contributed by atoms with Crippen molar-refractivity contribution in [3.05, 3.63) is 0 Å². The standard InChI is InChI=1S/C9H17N3O5/c1-5(7(10)13)11-9(16)12-6(8(14)15)3-4-17-2/h5-6H,3-4H2,1-2H3,(H2,10,13)(H,14,15)(H2,11,12,16). The molecule has 2 atom stereocenters. The van der Waals surface area contributed by atoms with Crippen molar-refractivity contribution in [2.24, 2.45) is 5.73 Å². The quantitative estimate of drug-likeness (QED) is 0.441. The van der Waals surface area contributed by atoms with Gasteiger partial charge in [-0.15, -0.1) is 0 Å². The second-order valence-corrected chi connectivity index (χ2v) is 3.41. The molecule has 0 aromatic carbocycles. The third-order valence-corrected chi connectivity index (χ3v) is 1.99. The zero-order chi connectivity index (χ0) is 13.4. The first kappa shape index (κ1) is 15.2. The number of aliphatic carboxylic acids is 1. The van der Waals surface area contributed by atoms with Crippen molar-refractivity contribution in [1.29, 1.82) is 0 Å². The van der Waals surface area contributed by atoms with Gasteiger partial charge in [0.05, 0.1) is 0 Å². The highest BCUT2D eigenvalue weighted by molar-refractivity contribution is 5.87. The number of carbonyl (C=O) groups excluding carboxylic acids is 2. The molecule has 0 aromatic heterocycles. The second kappa shape index (κ2) is 7.44. The number of carboxylic acids is 1. The minimum absolute atomic E-state index is 0.129. The lowest BCUT2D eigenvalue weighted by Crippen LogP contribution is -2.51. The summed E-state index contributed by atoms with van der Waals surface area (Å²) in [5.74, 6) is -1.88. The summed E-state index contributed by atoms with van der Waals surface area (Å²) >= 11 is 0. The summed E-state index contributed by atoms with van der Waals surface area (Å²) in [4.78, 5) is 32.7. The molecule has 0 saturated heterocycles. The van der Waals surface area contributed by atoms with Gasteiger partial charge < -0.3 is 26.2 Å². The van der Waals surface area contributed by atoms with Gasteiger partial charge in [-0.25, -0.2) is 9.59 Å². The maximum atomic E-state index is 11.3. The Morgan fingerprint density at radius 3 is 2.35 bits per heavy atom. The van der Waals surface area contributed by atoms with Gasteiger partial charge in [0.1, 0.15) is 12.1 Å². The van der Waals surface area contributed by atoms with Gasteiger partial charge in [0.2, 0.25) is 5.91 Å². The first-order valence-corrected chi connectivity index (χ1v) is 4.96. The molecule has 8 heteroatoms. The Labute approximate surface area is 98.5 Å². The highest BCUT2D eigenvalue weighted by Gasteiger charge is 2.21. The van der Waals surface area contributed by atoms with Crippen LogP contribution >= 0.6 is 0 Å². The van der Waals surface area contributed by atoms with E-state index in [1.807, 2.05) is 0 Å². The molecule has 0 radical (unpaired) electrons. The largest absolute Gasteiger partial charge is 0.480 e. The van der Waals surface area contributed by atoms with Gasteiger partial charge >= 0.3 is 12.0 Å². The van der Waals surface area contributed by atoms with Crippen molar-refractivity contribution in [3.8, 4) is 0 Å². The predicted molar refractivity (Wildman–Crippen MR) is 58.2 cm³/mol. The number of urea groups is 1. The van der Waals surface area contributed by atoms with Crippen LogP contribution in [-0.2, 0) is 14.3 Å². The molecule has 98 valence electrons. The van der Waals surface area contributed by atoms with E-state index in [1.54, 1.807) is 0 Å². The van der Waals surface area contributed by atoms with Crippen LogP contribution in [0.2, 0.25) is 0 Å². The fraction of sp³-hybridized carbons (Fsp3) is 0.667. The Bertz CT molecular complexity index is 294. The Balaban J connectivity index is 4.21. The van der Waals surface area contributed by atoms with Crippen molar-refractivity contribution < 1.29 is 24.2 Å². The second-order valence-electron chi connectivity index (χ2n) is 3.41. The molecule has 0 aliphatic heterocycles. The molecule has 2 unspecified atom stereocenters. The molecular formula is C9H17N3O5. The van der Waals surface area contributed by atoms with Gasteiger partial charge in [0.15, 0.2) is 0 Å². The Morgan fingerprint density at radius 2 is 1.94 bits per heavy atom. The molecule has 0 spiro atoms. The molecule has 17 heavy (non-hydrogen) atoms. The predicted octanol–water partition coefficient (Wildman–Crippen LogP) is -1.35. The fourth-order valence-corrected chi connectivity index (χ4v) is 0.961. The zero-order valence-corrected chi connectivity index (χ0v) is 9.73. The van der Waals surface area contributed by atoms with Crippen molar-refractivity contribution in [2.45, 2.75) is 25.4 Å². The summed E-state index contributed by atoms with van der Waals surface area (Å²) in [5, 5.41) is 13.2. The molecule has 0 saturated carbocycles. The van der Waals surface area contributed by atoms with Gasteiger partial charge in [-0.3, -0.25) is 4.79 Å². The lowest BCUT2D eigenvalue weighted by molar-refractivity contribution is -0.139. The number of amides is 3. The number of ether oxygens (including phenoxy) is 1. The molecule has 0 bridgehead atoms. The van der Waals surface area contributed by atoms with Crippen molar-refractivity contribution in [3.63, 3.8) is 0 Å². The third-order valence-electron chi connectivity index (χ3n) is 1.99. The molecule has 0 aliphatic carbocycles. The molecule has 0 heterocycles. The van der Waals surface area contributed by atoms with E-state index < -0.39 is 30.0 Å². The minimum atomic E-state index is -1.18. The topological polar surface area (TPSA) is 131 Å². The molecule has 8 nitrogen and oxygen atoms in total. The van der Waals surface area contributed by atoms with E-state index in [2.05, 4.69) is 10.6 Å². The summed E-state index contributed by atoms with van der Waals surface area (Å²) in [6.07, 6.45) is 0.129. The van der Waals surface area contributed by atoms with E-state index >= 15 is 0 Å². The van der Waals surface area contributed by atoms with Gasteiger partial charge in [-0.05, 0) is 6.92 Å². The fourth-order valence-electron chi connectivity index (χ4n) is 0.961. The SMILES string of the molecule is COCCC(NC(=O)NC(C)C(N)=O)C(=O)O. The van der Waals surface area contributed by atoms with Crippen molar-refractivity contribution >= 4 is 17.9 Å². The van der Waals surface area contributed by atoms with Crippen LogP contribution in [0.4, 0.5) is 4.79 Å². The normalized spacial score (nSPS) is 13.5. The van der Waals surface area contributed by atoms with E-state index in [0.29, 0.717) is 0 Å². The smallest absolute Gasteiger partial charge is 0.326 e. The average molecular weight is 247 g/mol. The van der Waals surface area contributed by atoms with Crippen LogP contribution in [0.25, 0.3) is 0 Å². The van der Waals surface area contributed by atoms with E-state index in [4.69, 9.17) is 15.6 Å². The maximum absolute atomic E-state index is 11.3. The molecule has 0 aromatic rings. The average Bonchev–Trinajstić information content (AvgIpc) is 2.23. The number of rotatable bonds is 7. The zero-order valence-electron chi connectivity index (χ0n) is 9.73. The van der Waals surface area contributed by atoms with Crippen LogP contribution in [0.1, 0.15) is 13.3 Å². The highest BCUT2D eigenvalue weighted by atomic mass is 16.5. The van der Waals surface area contributed by atoms with Gasteiger partial charge in [-0.1, -0.05) is 0 Å².